The number of benzene rings is 1. The van der Waals surface area contributed by atoms with E-state index in [2.05, 4.69) is 10.1 Å². The van der Waals surface area contributed by atoms with Crippen LogP contribution in [-0.4, -0.2) is 31.2 Å². The number of ether oxygens (including phenoxy) is 2. The molecule has 0 heterocycles. The molecule has 0 aromatic heterocycles. The number of methoxy groups -OCH3 is 1. The summed E-state index contributed by atoms with van der Waals surface area (Å²) in [6.07, 6.45) is 0.0264. The Hall–Kier alpha value is -2.38. The van der Waals surface area contributed by atoms with Crippen molar-refractivity contribution in [2.45, 2.75) is 13.3 Å². The molecule has 0 atom stereocenters. The molecule has 0 aliphatic carbocycles. The van der Waals surface area contributed by atoms with Crippen molar-refractivity contribution in [1.82, 2.24) is 0 Å². The summed E-state index contributed by atoms with van der Waals surface area (Å²) in [5.74, 6) is -1.37. The summed E-state index contributed by atoms with van der Waals surface area (Å²) in [4.78, 5) is 21.4. The minimum atomic E-state index is -0.725. The molecule has 0 saturated heterocycles. The van der Waals surface area contributed by atoms with E-state index in [1.807, 2.05) is 0 Å². The first-order valence-electron chi connectivity index (χ1n) is 5.91. The van der Waals surface area contributed by atoms with Crippen LogP contribution in [0.25, 0.3) is 0 Å². The third-order valence-corrected chi connectivity index (χ3v) is 2.42. The second-order valence-corrected chi connectivity index (χ2v) is 3.74. The van der Waals surface area contributed by atoms with Crippen molar-refractivity contribution < 1.29 is 23.6 Å². The molecule has 0 saturated carbocycles. The fourth-order valence-corrected chi connectivity index (χ4v) is 1.52. The quantitative estimate of drug-likeness (QED) is 0.469. The first-order chi connectivity index (χ1) is 9.49. The maximum absolute atomic E-state index is 13.5. The number of carbonyl (C=O) groups excluding carboxylic acids is 1. The highest BCUT2D eigenvalue weighted by Gasteiger charge is 2.19. The van der Waals surface area contributed by atoms with E-state index in [4.69, 9.17) is 4.74 Å². The highest BCUT2D eigenvalue weighted by atomic mass is 19.1. The molecule has 0 aliphatic rings. The van der Waals surface area contributed by atoms with Gasteiger partial charge >= 0.3 is 5.97 Å². The van der Waals surface area contributed by atoms with Gasteiger partial charge in [0.2, 0.25) is 0 Å². The molecule has 0 fully saturated rings. The number of halogens is 1. The molecule has 1 rings (SSSR count). The van der Waals surface area contributed by atoms with Gasteiger partial charge < -0.3 is 14.8 Å². The number of anilines is 1. The third-order valence-electron chi connectivity index (χ3n) is 2.42. The Morgan fingerprint density at radius 2 is 2.20 bits per heavy atom. The van der Waals surface area contributed by atoms with E-state index >= 15 is 0 Å². The minimum Gasteiger partial charge on any atom is -0.493 e. The van der Waals surface area contributed by atoms with Gasteiger partial charge in [0.25, 0.3) is 5.69 Å². The van der Waals surface area contributed by atoms with Gasteiger partial charge in [-0.25, -0.2) is 4.39 Å². The van der Waals surface area contributed by atoms with Gasteiger partial charge in [-0.15, -0.1) is 0 Å². The van der Waals surface area contributed by atoms with Crippen LogP contribution in [-0.2, 0) is 9.53 Å². The zero-order valence-electron chi connectivity index (χ0n) is 11.1. The topological polar surface area (TPSA) is 90.7 Å². The molecule has 1 aromatic carbocycles. The van der Waals surface area contributed by atoms with Crippen LogP contribution >= 0.6 is 0 Å². The Morgan fingerprint density at radius 1 is 1.50 bits per heavy atom. The van der Waals surface area contributed by atoms with Crippen LogP contribution in [0.5, 0.6) is 5.75 Å². The van der Waals surface area contributed by atoms with Crippen LogP contribution in [0, 0.1) is 15.9 Å². The summed E-state index contributed by atoms with van der Waals surface area (Å²) in [6.45, 7) is 2.04. The van der Waals surface area contributed by atoms with E-state index in [-0.39, 0.29) is 36.7 Å². The van der Waals surface area contributed by atoms with Crippen LogP contribution < -0.4 is 10.1 Å². The second-order valence-electron chi connectivity index (χ2n) is 3.74. The molecule has 0 spiro atoms. The van der Waals surface area contributed by atoms with Crippen LogP contribution in [0.4, 0.5) is 15.8 Å². The van der Waals surface area contributed by atoms with E-state index in [9.17, 15) is 19.3 Å². The van der Waals surface area contributed by atoms with Crippen molar-refractivity contribution in [3.63, 3.8) is 0 Å². The molecule has 1 N–H and O–H groups in total. The summed E-state index contributed by atoms with van der Waals surface area (Å²) < 4.78 is 22.9. The summed E-state index contributed by atoms with van der Waals surface area (Å²) in [5.41, 5.74) is -0.343. The van der Waals surface area contributed by atoms with E-state index < -0.39 is 16.7 Å². The van der Waals surface area contributed by atoms with Crippen molar-refractivity contribution in [3.8, 4) is 5.75 Å². The Kier molecular flexibility index (Phi) is 5.70. The SMILES string of the molecule is CCOC(=O)CCNc1cc(F)c(OC)cc1[N+](=O)[O-]. The average molecular weight is 286 g/mol. The normalized spacial score (nSPS) is 9.95. The molecule has 110 valence electrons. The zero-order valence-corrected chi connectivity index (χ0v) is 11.1. The van der Waals surface area contributed by atoms with Crippen LogP contribution in [0.2, 0.25) is 0 Å². The summed E-state index contributed by atoms with van der Waals surface area (Å²) in [5, 5.41) is 13.5. The van der Waals surface area contributed by atoms with Crippen molar-refractivity contribution in [3.05, 3.63) is 28.1 Å². The molecular formula is C12H15FN2O5. The monoisotopic (exact) mass is 286 g/mol. The number of rotatable bonds is 7. The lowest BCUT2D eigenvalue weighted by Gasteiger charge is -2.09. The highest BCUT2D eigenvalue weighted by molar-refractivity contribution is 5.71. The number of nitro benzene ring substituents is 1. The molecule has 7 nitrogen and oxygen atoms in total. The number of esters is 1. The van der Waals surface area contributed by atoms with E-state index in [0.717, 1.165) is 12.1 Å². The number of carbonyl (C=O) groups is 1. The smallest absolute Gasteiger partial charge is 0.307 e. The molecule has 0 aliphatic heterocycles. The van der Waals surface area contributed by atoms with Gasteiger partial charge in [-0.1, -0.05) is 0 Å². The second kappa shape index (κ2) is 7.27. The number of nitrogens with zero attached hydrogens (tertiary/aromatic N) is 1. The zero-order chi connectivity index (χ0) is 15.1. The lowest BCUT2D eigenvalue weighted by molar-refractivity contribution is -0.384. The Balaban J connectivity index is 2.80. The minimum absolute atomic E-state index is 0.0161. The molecule has 0 radical (unpaired) electrons. The largest absolute Gasteiger partial charge is 0.493 e. The number of hydrogen-bond acceptors (Lipinski definition) is 6. The van der Waals surface area contributed by atoms with Crippen molar-refractivity contribution >= 4 is 17.3 Å². The summed E-state index contributed by atoms with van der Waals surface area (Å²) >= 11 is 0. The molecular weight excluding hydrogens is 271 g/mol. The van der Waals surface area contributed by atoms with Crippen LogP contribution in [0.15, 0.2) is 12.1 Å². The maximum Gasteiger partial charge on any atom is 0.307 e. The van der Waals surface area contributed by atoms with Gasteiger partial charge in [-0.2, -0.15) is 0 Å². The van der Waals surface area contributed by atoms with Crippen molar-refractivity contribution in [2.75, 3.05) is 25.6 Å². The predicted octanol–water partition coefficient (Wildman–Crippen LogP) is 2.11. The number of nitro groups is 1. The first-order valence-corrected chi connectivity index (χ1v) is 5.91. The molecule has 1 aromatic rings. The van der Waals surface area contributed by atoms with Gasteiger partial charge in [0.15, 0.2) is 11.6 Å². The summed E-state index contributed by atoms with van der Waals surface area (Å²) in [6, 6.07) is 1.95. The number of nitrogens with one attached hydrogen (secondary N) is 1. The fourth-order valence-electron chi connectivity index (χ4n) is 1.52. The molecule has 0 unspecified atom stereocenters. The average Bonchev–Trinajstić information content (AvgIpc) is 2.38. The van der Waals surface area contributed by atoms with Gasteiger partial charge in [0, 0.05) is 12.6 Å². The summed E-state index contributed by atoms with van der Waals surface area (Å²) in [7, 11) is 1.22. The molecule has 0 amide bonds. The first kappa shape index (κ1) is 15.7. The predicted molar refractivity (Wildman–Crippen MR) is 69.3 cm³/mol. The number of hydrogen-bond donors (Lipinski definition) is 1. The van der Waals surface area contributed by atoms with Crippen LogP contribution in [0.1, 0.15) is 13.3 Å². The maximum atomic E-state index is 13.5. The third kappa shape index (κ3) is 4.08. The molecule has 8 heteroatoms. The molecule has 20 heavy (non-hydrogen) atoms. The lowest BCUT2D eigenvalue weighted by Crippen LogP contribution is -2.12. The molecule has 0 bridgehead atoms. The Labute approximate surface area is 114 Å². The van der Waals surface area contributed by atoms with E-state index in [0.29, 0.717) is 0 Å². The standard InChI is InChI=1S/C12H15FN2O5/c1-3-20-12(16)4-5-14-9-6-8(13)11(19-2)7-10(9)15(17)18/h6-7,14H,3-5H2,1-2H3. The van der Waals surface area contributed by atoms with Crippen molar-refractivity contribution in [1.29, 1.82) is 0 Å². The van der Waals surface area contributed by atoms with Gasteiger partial charge in [-0.05, 0) is 6.92 Å². The van der Waals surface area contributed by atoms with Gasteiger partial charge in [0.1, 0.15) is 5.69 Å². The van der Waals surface area contributed by atoms with E-state index in [1.54, 1.807) is 6.92 Å². The Bertz CT molecular complexity index is 507. The lowest BCUT2D eigenvalue weighted by atomic mass is 10.2. The fraction of sp³-hybridized carbons (Fsp3) is 0.417. The van der Waals surface area contributed by atoms with Crippen LogP contribution in [0.3, 0.4) is 0 Å². The van der Waals surface area contributed by atoms with Gasteiger partial charge in [0.05, 0.1) is 31.1 Å². The van der Waals surface area contributed by atoms with E-state index in [1.165, 1.54) is 7.11 Å². The highest BCUT2D eigenvalue weighted by Crippen LogP contribution is 2.31. The Morgan fingerprint density at radius 3 is 2.75 bits per heavy atom. The van der Waals surface area contributed by atoms with Crippen molar-refractivity contribution in [2.24, 2.45) is 0 Å². The van der Waals surface area contributed by atoms with Gasteiger partial charge in [-0.3, -0.25) is 14.9 Å².